The van der Waals surface area contributed by atoms with Gasteiger partial charge in [0.1, 0.15) is 29.0 Å². The first-order valence-electron chi connectivity index (χ1n) is 11.4. The molecule has 0 amide bonds. The fraction of sp³-hybridized carbons (Fsp3) is 0.360. The highest BCUT2D eigenvalue weighted by Crippen LogP contribution is 2.34. The number of aromatic nitrogens is 5. The largest absolute Gasteiger partial charge is 0.482 e. The second kappa shape index (κ2) is 9.04. The smallest absolute Gasteiger partial charge is 0.148 e. The van der Waals surface area contributed by atoms with Crippen LogP contribution >= 0.6 is 0 Å². The molecule has 0 aliphatic carbocycles. The highest BCUT2D eigenvalue weighted by Gasteiger charge is 2.20. The number of pyridine rings is 2. The normalized spacial score (nSPS) is 17.4. The molecule has 1 aliphatic heterocycles. The molecule has 0 radical (unpaired) electrons. The van der Waals surface area contributed by atoms with E-state index in [2.05, 4.69) is 32.3 Å². The van der Waals surface area contributed by atoms with Crippen molar-refractivity contribution in [2.45, 2.75) is 45.3 Å². The molecule has 168 valence electrons. The van der Waals surface area contributed by atoms with Crippen molar-refractivity contribution in [3.8, 4) is 22.9 Å². The van der Waals surface area contributed by atoms with E-state index in [-0.39, 0.29) is 6.10 Å². The molecule has 1 fully saturated rings. The van der Waals surface area contributed by atoms with Gasteiger partial charge in [0.05, 0.1) is 23.6 Å². The van der Waals surface area contributed by atoms with Gasteiger partial charge in [0, 0.05) is 29.7 Å². The third kappa shape index (κ3) is 4.20. The van der Waals surface area contributed by atoms with Crippen LogP contribution in [0.2, 0.25) is 0 Å². The van der Waals surface area contributed by atoms with Gasteiger partial charge in [0.15, 0.2) is 0 Å². The van der Waals surface area contributed by atoms with E-state index in [1.165, 1.54) is 0 Å². The molecular formula is C25H27N7O. The van der Waals surface area contributed by atoms with Crippen LogP contribution in [-0.4, -0.2) is 37.5 Å². The number of hydrogen-bond donors (Lipinski definition) is 1. The fourth-order valence-electron chi connectivity index (χ4n) is 4.49. The molecule has 1 saturated heterocycles. The maximum atomic E-state index is 9.61. The molecule has 1 unspecified atom stereocenters. The predicted molar refractivity (Wildman–Crippen MR) is 125 cm³/mol. The van der Waals surface area contributed by atoms with Crippen molar-refractivity contribution in [2.75, 3.05) is 13.1 Å². The Balaban J connectivity index is 1.55. The zero-order valence-corrected chi connectivity index (χ0v) is 18.9. The van der Waals surface area contributed by atoms with Crippen molar-refractivity contribution < 1.29 is 4.74 Å². The summed E-state index contributed by atoms with van der Waals surface area (Å²) in [4.78, 5) is 4.41. The molecule has 1 N–H and O–H groups in total. The van der Waals surface area contributed by atoms with Gasteiger partial charge in [-0.3, -0.25) is 9.67 Å². The summed E-state index contributed by atoms with van der Waals surface area (Å²) in [5.41, 5.74) is 4.91. The van der Waals surface area contributed by atoms with Crippen LogP contribution in [0.3, 0.4) is 0 Å². The maximum Gasteiger partial charge on any atom is 0.148 e. The summed E-state index contributed by atoms with van der Waals surface area (Å²) in [6, 6.07) is 10.4. The van der Waals surface area contributed by atoms with Gasteiger partial charge in [-0.1, -0.05) is 6.07 Å². The van der Waals surface area contributed by atoms with Crippen LogP contribution in [0.25, 0.3) is 16.6 Å². The zero-order valence-electron chi connectivity index (χ0n) is 18.9. The SMILES string of the molecule is Cc1nn(C2CCCNCC2)cc1-c1cc(O[C@H](C)c2ccccn2)c2c(C#N)cnn2c1. The molecule has 5 rings (SSSR count). The van der Waals surface area contributed by atoms with Crippen molar-refractivity contribution in [1.82, 2.24) is 29.7 Å². The van der Waals surface area contributed by atoms with Crippen LogP contribution in [0.1, 0.15) is 55.3 Å². The lowest BCUT2D eigenvalue weighted by atomic mass is 10.1. The molecule has 4 aromatic heterocycles. The standard InChI is InChI=1S/C25H27N7O/c1-17-22(16-31(30-17)21-6-5-9-27-11-8-21)19-12-24(25-20(13-26)14-29-32(25)15-19)33-18(2)23-7-3-4-10-28-23/h3-4,7,10,12,14-16,18,21,27H,5-6,8-9,11H2,1-2H3/t18-,21?/m1/s1. The summed E-state index contributed by atoms with van der Waals surface area (Å²) in [7, 11) is 0. The van der Waals surface area contributed by atoms with Crippen molar-refractivity contribution in [2.24, 2.45) is 0 Å². The first-order valence-corrected chi connectivity index (χ1v) is 11.4. The number of nitriles is 1. The van der Waals surface area contributed by atoms with Gasteiger partial charge in [0.25, 0.3) is 0 Å². The summed E-state index contributed by atoms with van der Waals surface area (Å²) in [5.74, 6) is 0.602. The molecule has 0 aromatic carbocycles. The van der Waals surface area contributed by atoms with E-state index in [9.17, 15) is 5.26 Å². The van der Waals surface area contributed by atoms with E-state index in [1.807, 2.05) is 44.3 Å². The van der Waals surface area contributed by atoms with E-state index in [0.717, 1.165) is 54.9 Å². The Kier molecular flexibility index (Phi) is 5.80. The van der Waals surface area contributed by atoms with Gasteiger partial charge in [-0.05, 0) is 64.4 Å². The monoisotopic (exact) mass is 441 g/mol. The minimum atomic E-state index is -0.283. The van der Waals surface area contributed by atoms with Crippen molar-refractivity contribution in [1.29, 1.82) is 5.26 Å². The lowest BCUT2D eigenvalue weighted by Gasteiger charge is -2.16. The summed E-state index contributed by atoms with van der Waals surface area (Å²) in [6.07, 6.45) is 10.5. The Morgan fingerprint density at radius 3 is 2.97 bits per heavy atom. The number of hydrogen-bond acceptors (Lipinski definition) is 6. The molecule has 2 atom stereocenters. The van der Waals surface area contributed by atoms with E-state index >= 15 is 0 Å². The zero-order chi connectivity index (χ0) is 22.8. The van der Waals surface area contributed by atoms with Crippen LogP contribution in [-0.2, 0) is 0 Å². The fourth-order valence-corrected chi connectivity index (χ4v) is 4.49. The number of rotatable bonds is 5. The number of fused-ring (bicyclic) bond motifs is 1. The Bertz CT molecular complexity index is 1290. The molecule has 0 spiro atoms. The van der Waals surface area contributed by atoms with E-state index in [4.69, 9.17) is 9.84 Å². The van der Waals surface area contributed by atoms with Gasteiger partial charge in [0.2, 0.25) is 0 Å². The van der Waals surface area contributed by atoms with E-state index in [1.54, 1.807) is 16.9 Å². The number of nitrogens with zero attached hydrogens (tertiary/aromatic N) is 6. The van der Waals surface area contributed by atoms with E-state index < -0.39 is 0 Å². The molecule has 0 saturated carbocycles. The highest BCUT2D eigenvalue weighted by molar-refractivity contribution is 5.76. The number of aryl methyl sites for hydroxylation is 1. The van der Waals surface area contributed by atoms with Crippen LogP contribution in [0.4, 0.5) is 0 Å². The minimum absolute atomic E-state index is 0.283. The van der Waals surface area contributed by atoms with Gasteiger partial charge >= 0.3 is 0 Å². The Morgan fingerprint density at radius 1 is 1.24 bits per heavy atom. The average Bonchev–Trinajstić information content (AvgIpc) is 3.32. The molecule has 8 heteroatoms. The number of nitrogens with one attached hydrogen (secondary N) is 1. The first kappa shape index (κ1) is 21.2. The Hall–Kier alpha value is -3.70. The predicted octanol–water partition coefficient (Wildman–Crippen LogP) is 4.23. The third-order valence-corrected chi connectivity index (χ3v) is 6.25. The summed E-state index contributed by atoms with van der Waals surface area (Å²) < 4.78 is 10.2. The minimum Gasteiger partial charge on any atom is -0.482 e. The quantitative estimate of drug-likeness (QED) is 0.498. The number of ether oxygens (including phenoxy) is 1. The second-order valence-corrected chi connectivity index (χ2v) is 8.51. The molecule has 1 aliphatic rings. The molecule has 5 heterocycles. The van der Waals surface area contributed by atoms with Crippen LogP contribution < -0.4 is 10.1 Å². The van der Waals surface area contributed by atoms with Crippen molar-refractivity contribution in [3.05, 3.63) is 66.0 Å². The third-order valence-electron chi connectivity index (χ3n) is 6.25. The molecular weight excluding hydrogens is 414 g/mol. The molecule has 8 nitrogen and oxygen atoms in total. The van der Waals surface area contributed by atoms with Crippen molar-refractivity contribution in [3.63, 3.8) is 0 Å². The highest BCUT2D eigenvalue weighted by atomic mass is 16.5. The van der Waals surface area contributed by atoms with Gasteiger partial charge in [-0.2, -0.15) is 15.5 Å². The maximum absolute atomic E-state index is 9.61. The van der Waals surface area contributed by atoms with Crippen molar-refractivity contribution >= 4 is 5.52 Å². The molecule has 4 aromatic rings. The van der Waals surface area contributed by atoms with Crippen LogP contribution in [0.5, 0.6) is 5.75 Å². The second-order valence-electron chi connectivity index (χ2n) is 8.51. The Labute approximate surface area is 192 Å². The summed E-state index contributed by atoms with van der Waals surface area (Å²) >= 11 is 0. The average molecular weight is 442 g/mol. The lowest BCUT2D eigenvalue weighted by molar-refractivity contribution is 0.224. The van der Waals surface area contributed by atoms with Gasteiger partial charge in [-0.25, -0.2) is 4.52 Å². The van der Waals surface area contributed by atoms with Crippen LogP contribution in [0.15, 0.2) is 49.1 Å². The van der Waals surface area contributed by atoms with Gasteiger partial charge < -0.3 is 10.1 Å². The Morgan fingerprint density at radius 2 is 2.15 bits per heavy atom. The first-order chi connectivity index (χ1) is 16.1. The van der Waals surface area contributed by atoms with E-state index in [0.29, 0.717) is 22.9 Å². The summed E-state index contributed by atoms with van der Waals surface area (Å²) in [6.45, 7) is 6.07. The molecule has 0 bridgehead atoms. The van der Waals surface area contributed by atoms with Gasteiger partial charge in [-0.15, -0.1) is 0 Å². The topological polar surface area (TPSA) is 93.1 Å². The lowest BCUT2D eigenvalue weighted by Crippen LogP contribution is -2.15. The van der Waals surface area contributed by atoms with Crippen LogP contribution in [0, 0.1) is 18.3 Å². The summed E-state index contributed by atoms with van der Waals surface area (Å²) in [5, 5.41) is 22.3. The molecule has 33 heavy (non-hydrogen) atoms.